The van der Waals surface area contributed by atoms with Crippen molar-refractivity contribution < 1.29 is 19.5 Å². The molecule has 4 atom stereocenters. The molecular formula is C18H32N2O4. The molecule has 0 spiro atoms. The summed E-state index contributed by atoms with van der Waals surface area (Å²) in [7, 11) is 0. The van der Waals surface area contributed by atoms with Crippen LogP contribution in [0.25, 0.3) is 0 Å². The van der Waals surface area contributed by atoms with Crippen LogP contribution in [-0.4, -0.2) is 41.3 Å². The second kappa shape index (κ2) is 7.72. The SMILES string of the molecule is CCC(CC)C1=NO[C@@H]2[C@@H](CCO)C[C@@H](NC(=O)OC(C)(C)C)[C@H]12. The highest BCUT2D eigenvalue weighted by molar-refractivity contribution is 5.91. The highest BCUT2D eigenvalue weighted by atomic mass is 16.6. The van der Waals surface area contributed by atoms with Crippen LogP contribution in [0.2, 0.25) is 0 Å². The summed E-state index contributed by atoms with van der Waals surface area (Å²) in [5.74, 6) is 0.658. The van der Waals surface area contributed by atoms with Gasteiger partial charge in [0.05, 0.1) is 11.6 Å². The van der Waals surface area contributed by atoms with Crippen molar-refractivity contribution in [1.82, 2.24) is 5.32 Å². The molecule has 0 aromatic heterocycles. The van der Waals surface area contributed by atoms with Gasteiger partial charge < -0.3 is 20.0 Å². The monoisotopic (exact) mass is 340 g/mol. The van der Waals surface area contributed by atoms with Crippen molar-refractivity contribution >= 4 is 11.8 Å². The van der Waals surface area contributed by atoms with Crippen molar-refractivity contribution in [3.8, 4) is 0 Å². The molecule has 6 heteroatoms. The molecule has 1 heterocycles. The number of rotatable bonds is 6. The third kappa shape index (κ3) is 4.21. The number of fused-ring (bicyclic) bond motifs is 1. The fourth-order valence-electron chi connectivity index (χ4n) is 3.95. The van der Waals surface area contributed by atoms with E-state index >= 15 is 0 Å². The molecule has 1 aliphatic carbocycles. The minimum atomic E-state index is -0.523. The van der Waals surface area contributed by atoms with Crippen LogP contribution in [0, 0.1) is 17.8 Å². The maximum Gasteiger partial charge on any atom is 0.407 e. The van der Waals surface area contributed by atoms with E-state index in [1.165, 1.54) is 0 Å². The zero-order chi connectivity index (χ0) is 17.9. The van der Waals surface area contributed by atoms with Gasteiger partial charge in [-0.1, -0.05) is 19.0 Å². The van der Waals surface area contributed by atoms with Gasteiger partial charge in [-0.3, -0.25) is 0 Å². The van der Waals surface area contributed by atoms with Gasteiger partial charge in [-0.05, 0) is 46.5 Å². The van der Waals surface area contributed by atoms with E-state index in [9.17, 15) is 9.90 Å². The van der Waals surface area contributed by atoms with Crippen molar-refractivity contribution in [2.45, 2.75) is 78.0 Å². The Bertz CT molecular complexity index is 468. The molecule has 0 bridgehead atoms. The number of hydrogen-bond donors (Lipinski definition) is 2. The van der Waals surface area contributed by atoms with E-state index in [2.05, 4.69) is 24.3 Å². The Morgan fingerprint density at radius 2 is 2.08 bits per heavy atom. The van der Waals surface area contributed by atoms with E-state index in [4.69, 9.17) is 9.57 Å². The van der Waals surface area contributed by atoms with Gasteiger partial charge in [-0.2, -0.15) is 0 Å². The first-order valence-corrected chi connectivity index (χ1v) is 9.14. The second-order valence-corrected chi connectivity index (χ2v) is 7.89. The number of carbonyl (C=O) groups excluding carboxylic acids is 1. The number of aliphatic hydroxyl groups excluding tert-OH is 1. The van der Waals surface area contributed by atoms with Crippen LogP contribution >= 0.6 is 0 Å². The molecule has 0 aromatic rings. The maximum absolute atomic E-state index is 12.2. The van der Waals surface area contributed by atoms with E-state index < -0.39 is 11.7 Å². The Labute approximate surface area is 145 Å². The first kappa shape index (κ1) is 19.0. The molecule has 2 aliphatic rings. The normalized spacial score (nSPS) is 29.2. The Hall–Kier alpha value is -1.30. The second-order valence-electron chi connectivity index (χ2n) is 7.89. The summed E-state index contributed by atoms with van der Waals surface area (Å²) in [6.07, 6.45) is 3.02. The quantitative estimate of drug-likeness (QED) is 0.778. The van der Waals surface area contributed by atoms with Crippen LogP contribution in [0.4, 0.5) is 4.79 Å². The first-order valence-electron chi connectivity index (χ1n) is 9.14. The Balaban J connectivity index is 2.13. The topological polar surface area (TPSA) is 80.2 Å². The number of aliphatic hydroxyl groups is 1. The molecule has 0 unspecified atom stereocenters. The van der Waals surface area contributed by atoms with Crippen molar-refractivity contribution in [2.24, 2.45) is 22.9 Å². The average molecular weight is 340 g/mol. The van der Waals surface area contributed by atoms with Gasteiger partial charge in [-0.25, -0.2) is 4.79 Å². The zero-order valence-corrected chi connectivity index (χ0v) is 15.5. The van der Waals surface area contributed by atoms with Crippen molar-refractivity contribution in [3.63, 3.8) is 0 Å². The Morgan fingerprint density at radius 3 is 2.62 bits per heavy atom. The number of alkyl carbamates (subject to hydrolysis) is 1. The molecule has 1 amide bonds. The minimum Gasteiger partial charge on any atom is -0.444 e. The maximum atomic E-state index is 12.2. The lowest BCUT2D eigenvalue weighted by Crippen LogP contribution is -2.45. The van der Waals surface area contributed by atoms with Gasteiger partial charge in [0.2, 0.25) is 0 Å². The summed E-state index contributed by atoms with van der Waals surface area (Å²) in [5, 5.41) is 16.7. The molecule has 138 valence electrons. The molecule has 1 fully saturated rings. The van der Waals surface area contributed by atoms with Gasteiger partial charge in [0.25, 0.3) is 0 Å². The molecular weight excluding hydrogens is 308 g/mol. The van der Waals surface area contributed by atoms with Crippen LogP contribution in [0.5, 0.6) is 0 Å². The van der Waals surface area contributed by atoms with Crippen LogP contribution in [0.3, 0.4) is 0 Å². The molecule has 2 rings (SSSR count). The lowest BCUT2D eigenvalue weighted by atomic mass is 9.84. The van der Waals surface area contributed by atoms with Crippen LogP contribution in [0.15, 0.2) is 5.16 Å². The molecule has 24 heavy (non-hydrogen) atoms. The largest absolute Gasteiger partial charge is 0.444 e. The number of hydrogen-bond acceptors (Lipinski definition) is 5. The highest BCUT2D eigenvalue weighted by Crippen LogP contribution is 2.43. The summed E-state index contributed by atoms with van der Waals surface area (Å²) in [4.78, 5) is 18.0. The molecule has 0 aromatic carbocycles. The average Bonchev–Trinajstić information content (AvgIpc) is 3.02. The van der Waals surface area contributed by atoms with Crippen molar-refractivity contribution in [1.29, 1.82) is 0 Å². The summed E-state index contributed by atoms with van der Waals surface area (Å²) in [6.45, 7) is 9.99. The fourth-order valence-corrected chi connectivity index (χ4v) is 3.95. The Morgan fingerprint density at radius 1 is 1.42 bits per heavy atom. The number of amides is 1. The molecule has 1 aliphatic heterocycles. The number of oxime groups is 1. The fraction of sp³-hybridized carbons (Fsp3) is 0.889. The lowest BCUT2D eigenvalue weighted by Gasteiger charge is -2.26. The molecule has 0 radical (unpaired) electrons. The van der Waals surface area contributed by atoms with E-state index in [0.29, 0.717) is 12.3 Å². The Kier molecular flexibility index (Phi) is 6.12. The zero-order valence-electron chi connectivity index (χ0n) is 15.5. The van der Waals surface area contributed by atoms with Gasteiger partial charge in [0.1, 0.15) is 11.7 Å². The predicted octanol–water partition coefficient (Wildman–Crippen LogP) is 3.09. The predicted molar refractivity (Wildman–Crippen MR) is 92.8 cm³/mol. The van der Waals surface area contributed by atoms with Crippen molar-refractivity contribution in [2.75, 3.05) is 6.61 Å². The number of ether oxygens (including phenoxy) is 1. The number of nitrogens with one attached hydrogen (secondary N) is 1. The van der Waals surface area contributed by atoms with Gasteiger partial charge >= 0.3 is 6.09 Å². The lowest BCUT2D eigenvalue weighted by molar-refractivity contribution is 0.0313. The van der Waals surface area contributed by atoms with Gasteiger partial charge in [0, 0.05) is 24.5 Å². The van der Waals surface area contributed by atoms with Crippen LogP contribution in [-0.2, 0) is 9.57 Å². The summed E-state index contributed by atoms with van der Waals surface area (Å²) in [5.41, 5.74) is 0.539. The first-order chi connectivity index (χ1) is 11.3. The van der Waals surface area contributed by atoms with E-state index in [-0.39, 0.29) is 30.6 Å². The smallest absolute Gasteiger partial charge is 0.407 e. The molecule has 0 saturated heterocycles. The van der Waals surface area contributed by atoms with Crippen LogP contribution in [0.1, 0.15) is 60.3 Å². The summed E-state index contributed by atoms with van der Waals surface area (Å²) in [6, 6.07) is -0.0525. The third-order valence-corrected chi connectivity index (χ3v) is 5.04. The molecule has 2 N–H and O–H groups in total. The summed E-state index contributed by atoms with van der Waals surface area (Å²) >= 11 is 0. The minimum absolute atomic E-state index is 0.0484. The number of carbonyl (C=O) groups is 1. The van der Waals surface area contributed by atoms with Gasteiger partial charge in [-0.15, -0.1) is 0 Å². The molecule has 6 nitrogen and oxygen atoms in total. The molecule has 1 saturated carbocycles. The number of nitrogens with zero attached hydrogens (tertiary/aromatic N) is 1. The van der Waals surface area contributed by atoms with Gasteiger partial charge in [0.15, 0.2) is 0 Å². The van der Waals surface area contributed by atoms with Crippen LogP contribution < -0.4 is 5.32 Å². The van der Waals surface area contributed by atoms with Crippen molar-refractivity contribution in [3.05, 3.63) is 0 Å². The van der Waals surface area contributed by atoms with E-state index in [1.54, 1.807) is 0 Å². The third-order valence-electron chi connectivity index (χ3n) is 5.04. The van der Waals surface area contributed by atoms with E-state index in [0.717, 1.165) is 25.0 Å². The van der Waals surface area contributed by atoms with E-state index in [1.807, 2.05) is 20.8 Å². The summed E-state index contributed by atoms with van der Waals surface area (Å²) < 4.78 is 5.41. The standard InChI is InChI=1S/C18H32N2O4/c1-6-11(7-2)15-14-13(19-17(22)23-18(3,4)5)10-12(8-9-21)16(14)24-20-15/h11-14,16,21H,6-10H2,1-5H3,(H,19,22)/t12-,13+,14+,16+/m0/s1. The highest BCUT2D eigenvalue weighted by Gasteiger charge is 2.52.